The van der Waals surface area contributed by atoms with Gasteiger partial charge in [0.1, 0.15) is 12.4 Å². The van der Waals surface area contributed by atoms with Crippen molar-refractivity contribution in [1.29, 1.82) is 0 Å². The molecule has 0 atom stereocenters. The average Bonchev–Trinajstić information content (AvgIpc) is 3.09. The number of alkyl halides is 2. The molecular formula is C17H21F2N3O2. The molecular weight excluding hydrogens is 316 g/mol. The van der Waals surface area contributed by atoms with E-state index in [4.69, 9.17) is 4.74 Å². The second-order valence-corrected chi connectivity index (χ2v) is 6.50. The Morgan fingerprint density at radius 1 is 1.42 bits per heavy atom. The lowest BCUT2D eigenvalue weighted by molar-refractivity contribution is 0.0112. The molecule has 0 amide bonds. The fourth-order valence-electron chi connectivity index (χ4n) is 2.84. The number of hydrogen-bond acceptors (Lipinski definition) is 4. The van der Waals surface area contributed by atoms with Gasteiger partial charge in [-0.1, -0.05) is 13.8 Å². The monoisotopic (exact) mass is 337 g/mol. The van der Waals surface area contributed by atoms with Crippen LogP contribution in [0.1, 0.15) is 30.6 Å². The van der Waals surface area contributed by atoms with Crippen LogP contribution in [0.5, 0.6) is 5.75 Å². The molecule has 5 nitrogen and oxygen atoms in total. The van der Waals surface area contributed by atoms with Crippen molar-refractivity contribution in [3.63, 3.8) is 0 Å². The Morgan fingerprint density at radius 2 is 2.21 bits per heavy atom. The minimum atomic E-state index is -2.58. The number of pyridine rings is 1. The van der Waals surface area contributed by atoms with Gasteiger partial charge in [0.05, 0.1) is 30.0 Å². The van der Waals surface area contributed by atoms with Gasteiger partial charge < -0.3 is 4.74 Å². The fourth-order valence-corrected chi connectivity index (χ4v) is 2.84. The molecule has 1 aliphatic rings. The van der Waals surface area contributed by atoms with Crippen molar-refractivity contribution >= 4 is 11.3 Å². The minimum Gasteiger partial charge on any atom is -0.491 e. The van der Waals surface area contributed by atoms with E-state index >= 15 is 0 Å². The van der Waals surface area contributed by atoms with Crippen LogP contribution in [0.15, 0.2) is 24.5 Å². The summed E-state index contributed by atoms with van der Waals surface area (Å²) in [6, 6.07) is 3.56. The number of aromatic nitrogens is 2. The summed E-state index contributed by atoms with van der Waals surface area (Å²) in [7, 11) is 0. The summed E-state index contributed by atoms with van der Waals surface area (Å²) >= 11 is 0. The van der Waals surface area contributed by atoms with Crippen molar-refractivity contribution in [1.82, 2.24) is 14.5 Å². The number of carbonyl (C=O) groups excluding carboxylic acids is 1. The lowest BCUT2D eigenvalue weighted by Crippen LogP contribution is -2.29. The van der Waals surface area contributed by atoms with Gasteiger partial charge in [0.25, 0.3) is 5.92 Å². The number of Topliss-reactive ketones (excluding diaryl/α,β-unsaturated/α-hetero) is 1. The molecule has 1 aliphatic heterocycles. The normalized spacial score (nSPS) is 17.7. The van der Waals surface area contributed by atoms with Crippen LogP contribution in [0, 0.1) is 5.92 Å². The summed E-state index contributed by atoms with van der Waals surface area (Å²) in [5, 5.41) is 4.19. The molecule has 130 valence electrons. The zero-order chi connectivity index (χ0) is 17.3. The van der Waals surface area contributed by atoms with Crippen molar-refractivity contribution in [2.24, 2.45) is 5.92 Å². The van der Waals surface area contributed by atoms with Crippen LogP contribution in [-0.4, -0.2) is 52.5 Å². The van der Waals surface area contributed by atoms with Crippen LogP contribution in [0.25, 0.3) is 5.52 Å². The number of likely N-dealkylation sites (tertiary alicyclic amines) is 1. The number of hydrogen-bond donors (Lipinski definition) is 0. The van der Waals surface area contributed by atoms with Crippen molar-refractivity contribution in [3.8, 4) is 5.75 Å². The summed E-state index contributed by atoms with van der Waals surface area (Å²) in [6.45, 7) is 4.70. The van der Waals surface area contributed by atoms with Gasteiger partial charge in [0, 0.05) is 25.4 Å². The maximum atomic E-state index is 13.1. The molecule has 24 heavy (non-hydrogen) atoms. The Labute approximate surface area is 139 Å². The molecule has 2 aromatic rings. The highest BCUT2D eigenvalue weighted by atomic mass is 19.3. The zero-order valence-corrected chi connectivity index (χ0v) is 13.8. The number of ether oxygens (including phenoxy) is 1. The Morgan fingerprint density at radius 3 is 2.88 bits per heavy atom. The second kappa shape index (κ2) is 6.47. The van der Waals surface area contributed by atoms with E-state index in [1.165, 1.54) is 0 Å². The molecule has 3 rings (SSSR count). The SMILES string of the molecule is CC(C)C(=O)c1cnn2cc(OCCN3CCC(F)(F)C3)ccc12. The number of ketones is 1. The number of fused-ring (bicyclic) bond motifs is 1. The molecule has 1 fully saturated rings. The highest BCUT2D eigenvalue weighted by Gasteiger charge is 2.37. The summed E-state index contributed by atoms with van der Waals surface area (Å²) in [6.07, 6.45) is 3.18. The van der Waals surface area contributed by atoms with Crippen LogP contribution in [0.3, 0.4) is 0 Å². The Hall–Kier alpha value is -2.02. The molecule has 0 bridgehead atoms. The van der Waals surface area contributed by atoms with Crippen LogP contribution in [-0.2, 0) is 0 Å². The van der Waals surface area contributed by atoms with E-state index in [9.17, 15) is 13.6 Å². The molecule has 1 saturated heterocycles. The van der Waals surface area contributed by atoms with E-state index < -0.39 is 5.92 Å². The highest BCUT2D eigenvalue weighted by molar-refractivity contribution is 6.03. The molecule has 0 N–H and O–H groups in total. The standard InChI is InChI=1S/C17H21F2N3O2/c1-12(2)16(23)14-9-20-22-10-13(3-4-15(14)22)24-8-7-21-6-5-17(18,19)11-21/h3-4,9-10,12H,5-8,11H2,1-2H3. The first-order valence-electron chi connectivity index (χ1n) is 8.10. The number of halogens is 2. The van der Waals surface area contributed by atoms with E-state index in [0.29, 0.717) is 31.0 Å². The zero-order valence-electron chi connectivity index (χ0n) is 13.8. The van der Waals surface area contributed by atoms with Gasteiger partial charge >= 0.3 is 0 Å². The third-order valence-corrected chi connectivity index (χ3v) is 4.20. The molecule has 0 aromatic carbocycles. The lowest BCUT2D eigenvalue weighted by atomic mass is 10.0. The first-order chi connectivity index (χ1) is 11.4. The lowest BCUT2D eigenvalue weighted by Gasteiger charge is -2.15. The molecule has 7 heteroatoms. The largest absolute Gasteiger partial charge is 0.491 e. The van der Waals surface area contributed by atoms with Crippen molar-refractivity contribution in [2.45, 2.75) is 26.2 Å². The van der Waals surface area contributed by atoms with Gasteiger partial charge in [-0.25, -0.2) is 13.3 Å². The molecule has 0 aliphatic carbocycles. The van der Waals surface area contributed by atoms with Crippen molar-refractivity contribution < 1.29 is 18.3 Å². The highest BCUT2D eigenvalue weighted by Crippen LogP contribution is 2.26. The molecule has 0 spiro atoms. The van der Waals surface area contributed by atoms with Crippen molar-refractivity contribution in [2.75, 3.05) is 26.2 Å². The van der Waals surface area contributed by atoms with Crippen molar-refractivity contribution in [3.05, 3.63) is 30.1 Å². The van der Waals surface area contributed by atoms with Gasteiger partial charge in [0.15, 0.2) is 5.78 Å². The maximum absolute atomic E-state index is 13.1. The van der Waals surface area contributed by atoms with E-state index in [1.807, 2.05) is 13.8 Å². The van der Waals surface area contributed by atoms with Crippen LogP contribution >= 0.6 is 0 Å². The van der Waals surface area contributed by atoms with Crippen LogP contribution in [0.4, 0.5) is 8.78 Å². The third-order valence-electron chi connectivity index (χ3n) is 4.20. The predicted octanol–water partition coefficient (Wildman–Crippen LogP) is 2.89. The predicted molar refractivity (Wildman–Crippen MR) is 85.9 cm³/mol. The first kappa shape index (κ1) is 16.8. The van der Waals surface area contributed by atoms with Gasteiger partial charge in [0.2, 0.25) is 0 Å². The molecule has 0 saturated carbocycles. The molecule has 2 aromatic heterocycles. The topological polar surface area (TPSA) is 46.8 Å². The second-order valence-electron chi connectivity index (χ2n) is 6.50. The Balaban J connectivity index is 1.61. The van der Waals surface area contributed by atoms with E-state index in [1.54, 1.807) is 33.9 Å². The van der Waals surface area contributed by atoms with E-state index in [0.717, 1.165) is 5.52 Å². The smallest absolute Gasteiger partial charge is 0.261 e. The van der Waals surface area contributed by atoms with Gasteiger partial charge in [-0.3, -0.25) is 9.69 Å². The Kier molecular flexibility index (Phi) is 4.54. The summed E-state index contributed by atoms with van der Waals surface area (Å²) in [5.74, 6) is -2.02. The van der Waals surface area contributed by atoms with Gasteiger partial charge in [-0.05, 0) is 12.1 Å². The third kappa shape index (κ3) is 3.56. The average molecular weight is 337 g/mol. The van der Waals surface area contributed by atoms with E-state index in [2.05, 4.69) is 5.10 Å². The van der Waals surface area contributed by atoms with Crippen LogP contribution in [0.2, 0.25) is 0 Å². The maximum Gasteiger partial charge on any atom is 0.261 e. The summed E-state index contributed by atoms with van der Waals surface area (Å²) in [4.78, 5) is 13.8. The summed E-state index contributed by atoms with van der Waals surface area (Å²) < 4.78 is 33.5. The van der Waals surface area contributed by atoms with Gasteiger partial charge in [-0.2, -0.15) is 5.10 Å². The van der Waals surface area contributed by atoms with Gasteiger partial charge in [-0.15, -0.1) is 0 Å². The molecule has 3 heterocycles. The Bertz CT molecular complexity index is 743. The fraction of sp³-hybridized carbons (Fsp3) is 0.529. The number of nitrogens with zero attached hydrogens (tertiary/aromatic N) is 3. The quantitative estimate of drug-likeness (QED) is 0.761. The molecule has 0 radical (unpaired) electrons. The number of carbonyl (C=O) groups is 1. The minimum absolute atomic E-state index is 0.0497. The van der Waals surface area contributed by atoms with Crippen LogP contribution < -0.4 is 4.74 Å². The van der Waals surface area contributed by atoms with E-state index in [-0.39, 0.29) is 24.7 Å². The number of rotatable bonds is 6. The first-order valence-corrected chi connectivity index (χ1v) is 8.10. The molecule has 0 unspecified atom stereocenters. The summed E-state index contributed by atoms with van der Waals surface area (Å²) in [5.41, 5.74) is 1.33.